The van der Waals surface area contributed by atoms with Gasteiger partial charge in [-0.15, -0.1) is 0 Å². The van der Waals surface area contributed by atoms with E-state index in [-0.39, 0.29) is 23.0 Å². The molecule has 9 N–H and O–H groups in total. The van der Waals surface area contributed by atoms with Crippen molar-refractivity contribution in [3.63, 3.8) is 0 Å². The minimum atomic E-state index is -1.82. The Morgan fingerprint density at radius 3 is 2.05 bits per heavy atom. The maximum Gasteiger partial charge on any atom is 0.187 e. The van der Waals surface area contributed by atoms with E-state index in [2.05, 4.69) is 33.8 Å². The molecule has 8 fully saturated rings. The number of rotatable bonds is 8. The third-order valence-corrected chi connectivity index (χ3v) is 17.7. The molecule has 5 saturated heterocycles. The summed E-state index contributed by atoms with van der Waals surface area (Å²) in [6, 6.07) is 0. The Labute approximate surface area is 363 Å². The zero-order chi connectivity index (χ0) is 44.2. The predicted octanol–water partition coefficient (Wildman–Crippen LogP) is 0.214. The van der Waals surface area contributed by atoms with E-state index in [4.69, 9.17) is 37.9 Å². The van der Waals surface area contributed by atoms with Gasteiger partial charge in [-0.05, 0) is 98.7 Å². The van der Waals surface area contributed by atoms with Gasteiger partial charge in [-0.1, -0.05) is 39.3 Å². The van der Waals surface area contributed by atoms with Crippen LogP contribution in [-0.2, 0) is 37.9 Å². The number of fused-ring (bicyclic) bond motifs is 7. The van der Waals surface area contributed by atoms with E-state index in [1.54, 1.807) is 0 Å². The maximum absolute atomic E-state index is 12.0. The van der Waals surface area contributed by atoms with E-state index < -0.39 is 111 Å². The molecule has 3 saturated carbocycles. The molecule has 17 nitrogen and oxygen atoms in total. The molecular weight excluding hydrogens is 812 g/mol. The number of allylic oxidation sites excluding steroid dienone is 1. The lowest BCUT2D eigenvalue weighted by Crippen LogP contribution is -2.67. The second kappa shape index (κ2) is 17.3. The van der Waals surface area contributed by atoms with Crippen molar-refractivity contribution in [1.29, 1.82) is 0 Å². The first-order valence-corrected chi connectivity index (χ1v) is 23.4. The lowest BCUT2D eigenvalue weighted by molar-refractivity contribution is -0.389. The molecule has 26 atom stereocenters. The Balaban J connectivity index is 0.917. The second-order valence-corrected chi connectivity index (χ2v) is 21.1. The Morgan fingerprint density at radius 1 is 0.677 bits per heavy atom. The van der Waals surface area contributed by atoms with Gasteiger partial charge >= 0.3 is 0 Å². The first-order valence-electron chi connectivity index (χ1n) is 23.4. The van der Waals surface area contributed by atoms with Gasteiger partial charge < -0.3 is 83.9 Å². The van der Waals surface area contributed by atoms with Gasteiger partial charge in [0.1, 0.15) is 67.1 Å². The van der Waals surface area contributed by atoms with Crippen molar-refractivity contribution >= 4 is 0 Å². The van der Waals surface area contributed by atoms with Crippen LogP contribution < -0.4 is 0 Å². The van der Waals surface area contributed by atoms with Crippen LogP contribution >= 0.6 is 0 Å². The summed E-state index contributed by atoms with van der Waals surface area (Å²) < 4.78 is 49.9. The van der Waals surface area contributed by atoms with Crippen LogP contribution in [0, 0.1) is 46.3 Å². The summed E-state index contributed by atoms with van der Waals surface area (Å²) in [5.74, 6) is 2.56. The van der Waals surface area contributed by atoms with Crippen molar-refractivity contribution in [2.24, 2.45) is 46.3 Å². The number of aliphatic hydroxyl groups is 9. The van der Waals surface area contributed by atoms with Crippen LogP contribution in [0.15, 0.2) is 11.6 Å². The topological polar surface area (TPSA) is 256 Å². The van der Waals surface area contributed by atoms with Gasteiger partial charge in [-0.3, -0.25) is 0 Å². The van der Waals surface area contributed by atoms with Crippen LogP contribution in [0.1, 0.15) is 92.4 Å². The first-order chi connectivity index (χ1) is 29.4. The number of hydrogen-bond acceptors (Lipinski definition) is 17. The minimum absolute atomic E-state index is 0.0356. The lowest BCUT2D eigenvalue weighted by Gasteiger charge is -2.58. The van der Waals surface area contributed by atoms with Crippen LogP contribution in [0.2, 0.25) is 0 Å². The van der Waals surface area contributed by atoms with Crippen LogP contribution in [0.4, 0.5) is 0 Å². The molecule has 0 aromatic heterocycles. The van der Waals surface area contributed by atoms with Crippen LogP contribution in [0.25, 0.3) is 0 Å². The van der Waals surface area contributed by atoms with Crippen molar-refractivity contribution < 1.29 is 83.9 Å². The van der Waals surface area contributed by atoms with Gasteiger partial charge in [0.15, 0.2) is 24.7 Å². The normalized spacial score (nSPS) is 57.6. The highest BCUT2D eigenvalue weighted by Crippen LogP contribution is 2.70. The molecule has 5 aliphatic heterocycles. The molecule has 5 heterocycles. The van der Waals surface area contributed by atoms with E-state index in [1.165, 1.54) is 12.5 Å². The van der Waals surface area contributed by atoms with Gasteiger partial charge in [-0.25, -0.2) is 0 Å². The predicted molar refractivity (Wildman–Crippen MR) is 214 cm³/mol. The van der Waals surface area contributed by atoms with Gasteiger partial charge in [0.05, 0.1) is 38.1 Å². The minimum Gasteiger partial charge on any atom is -0.394 e. The summed E-state index contributed by atoms with van der Waals surface area (Å²) in [5, 5.41) is 95.7. The van der Waals surface area contributed by atoms with Crippen molar-refractivity contribution in [3.05, 3.63) is 11.6 Å². The smallest absolute Gasteiger partial charge is 0.187 e. The standard InChI is InChI=1S/C45H72O17/c1-19-8-13-45(55-18-19)20(2)30-27(62-45)15-26-24-7-6-22-14-23(9-11-43(22,4)25(24)10-12-44(26,30)5)57-42-39(61-40-35(52)33(50)31(48)21(3)56-40)37(54)38(29(17-47)59-42)60-41-36(53)34(51)32(49)28(16-46)58-41/h6,19-21,23-42,46-54H,7-18H2,1-5H3/t19-,20-,21+,23+,24+,25-,26-,27-,28-,29-,30-,31+,32-,33-,34+,35-,36-,37+,38-,39-,40+,41+,42-,43+,44+,45+/m1/s1. The second-order valence-electron chi connectivity index (χ2n) is 21.1. The monoisotopic (exact) mass is 884 g/mol. The van der Waals surface area contributed by atoms with Gasteiger partial charge in [0, 0.05) is 12.3 Å². The third-order valence-electron chi connectivity index (χ3n) is 17.7. The first kappa shape index (κ1) is 46.2. The van der Waals surface area contributed by atoms with Crippen LogP contribution in [0.5, 0.6) is 0 Å². The van der Waals surface area contributed by atoms with Gasteiger partial charge in [-0.2, -0.15) is 0 Å². The fourth-order valence-electron chi connectivity index (χ4n) is 14.0. The summed E-state index contributed by atoms with van der Waals surface area (Å²) in [5.41, 5.74) is 1.48. The Bertz CT molecular complexity index is 1610. The summed E-state index contributed by atoms with van der Waals surface area (Å²) in [6.07, 6.45) is -12.0. The van der Waals surface area contributed by atoms with E-state index in [0.717, 1.165) is 51.6 Å². The zero-order valence-corrected chi connectivity index (χ0v) is 36.6. The highest BCUT2D eigenvalue weighted by atomic mass is 16.8. The lowest BCUT2D eigenvalue weighted by atomic mass is 9.47. The maximum atomic E-state index is 12.0. The number of ether oxygens (including phenoxy) is 8. The average molecular weight is 885 g/mol. The molecule has 9 rings (SSSR count). The Kier molecular flexibility index (Phi) is 12.9. The Hall–Kier alpha value is -0.940. The molecule has 17 heteroatoms. The molecule has 1 spiro atoms. The van der Waals surface area contributed by atoms with Crippen molar-refractivity contribution in [3.8, 4) is 0 Å². The highest BCUT2D eigenvalue weighted by molar-refractivity contribution is 5.26. The van der Waals surface area contributed by atoms with Crippen molar-refractivity contribution in [1.82, 2.24) is 0 Å². The Morgan fingerprint density at radius 2 is 1.35 bits per heavy atom. The fourth-order valence-corrected chi connectivity index (χ4v) is 14.0. The summed E-state index contributed by atoms with van der Waals surface area (Å²) in [7, 11) is 0. The van der Waals surface area contributed by atoms with E-state index in [0.29, 0.717) is 48.3 Å². The SMILES string of the molecule is C[C@@H]1CC[C@]2(OC1)O[C@@H]1C[C@@H]3[C@H]4CC=C5C[C@@H](O[C@@H]6O[C@H](CO)[C@@H](O[C@@H]7O[C@H](CO)[C@@H](O)[C@H](O)[C@H]7O)[C@H](O)[C@H]6O[C@@H]6O[C@@H](C)[C@H](O)[C@@H](O)[C@H]6O)CC[C@]5(C)[C@@H]4CC[C@]3(C)[C@@H]1[C@H]2C. The molecule has 9 aliphatic rings. The largest absolute Gasteiger partial charge is 0.394 e. The zero-order valence-electron chi connectivity index (χ0n) is 36.6. The van der Waals surface area contributed by atoms with Gasteiger partial charge in [0.2, 0.25) is 0 Å². The summed E-state index contributed by atoms with van der Waals surface area (Å²) >= 11 is 0. The van der Waals surface area contributed by atoms with E-state index in [1.807, 2.05) is 0 Å². The van der Waals surface area contributed by atoms with Crippen molar-refractivity contribution in [2.45, 2.75) is 203 Å². The van der Waals surface area contributed by atoms with E-state index >= 15 is 0 Å². The molecular formula is C45H72O17. The summed E-state index contributed by atoms with van der Waals surface area (Å²) in [6.45, 7) is 10.4. The molecule has 354 valence electrons. The molecule has 0 aromatic rings. The van der Waals surface area contributed by atoms with E-state index in [9.17, 15) is 46.0 Å². The van der Waals surface area contributed by atoms with Gasteiger partial charge in [0.25, 0.3) is 0 Å². The molecule has 4 aliphatic carbocycles. The molecule has 0 aromatic carbocycles. The quantitative estimate of drug-likeness (QED) is 0.148. The third kappa shape index (κ3) is 7.49. The fraction of sp³-hybridized carbons (Fsp3) is 0.956. The molecule has 0 unspecified atom stereocenters. The molecule has 0 bridgehead atoms. The molecule has 62 heavy (non-hydrogen) atoms. The summed E-state index contributed by atoms with van der Waals surface area (Å²) in [4.78, 5) is 0. The van der Waals surface area contributed by atoms with Crippen LogP contribution in [0.3, 0.4) is 0 Å². The molecule has 0 amide bonds. The van der Waals surface area contributed by atoms with Crippen LogP contribution in [-0.4, -0.2) is 176 Å². The number of aliphatic hydroxyl groups excluding tert-OH is 9. The average Bonchev–Trinajstić information content (AvgIpc) is 3.70. The number of hydrogen-bond donors (Lipinski definition) is 9. The highest BCUT2D eigenvalue weighted by Gasteiger charge is 2.69. The van der Waals surface area contributed by atoms with Crippen molar-refractivity contribution in [2.75, 3.05) is 19.8 Å². The molecule has 0 radical (unpaired) electrons.